The van der Waals surface area contributed by atoms with Gasteiger partial charge < -0.3 is 19.2 Å². The van der Waals surface area contributed by atoms with Crippen LogP contribution in [0.15, 0.2) is 24.3 Å². The molecular weight excluding hydrogens is 328 g/mol. The number of piperidine rings is 1. The van der Waals surface area contributed by atoms with E-state index in [1.54, 1.807) is 0 Å². The van der Waals surface area contributed by atoms with Crippen molar-refractivity contribution in [2.45, 2.75) is 51.2 Å². The second kappa shape index (κ2) is 9.93. The van der Waals surface area contributed by atoms with Crippen LogP contribution in [0.25, 0.3) is 0 Å². The zero-order valence-corrected chi connectivity index (χ0v) is 15.9. The minimum atomic E-state index is 0.243. The normalized spacial score (nSPS) is 22.4. The lowest BCUT2D eigenvalue weighted by Crippen LogP contribution is -2.39. The highest BCUT2D eigenvalue weighted by molar-refractivity contribution is 5.51. The van der Waals surface area contributed by atoms with Gasteiger partial charge in [-0.2, -0.15) is 0 Å². The number of likely N-dealkylation sites (tertiary alicyclic amines) is 2. The lowest BCUT2D eigenvalue weighted by atomic mass is 10.1. The van der Waals surface area contributed by atoms with Crippen LogP contribution in [0, 0.1) is 0 Å². The van der Waals surface area contributed by atoms with Gasteiger partial charge in [0.1, 0.15) is 23.9 Å². The molecular formula is C21H32N2O3. The maximum atomic E-state index is 10.6. The van der Waals surface area contributed by atoms with E-state index in [0.717, 1.165) is 69.3 Å². The summed E-state index contributed by atoms with van der Waals surface area (Å²) in [6.07, 6.45) is 6.90. The minimum Gasteiger partial charge on any atom is -0.494 e. The Balaban J connectivity index is 1.34. The first-order valence-corrected chi connectivity index (χ1v) is 10.0. The van der Waals surface area contributed by atoms with Gasteiger partial charge in [0.2, 0.25) is 0 Å². The molecule has 0 unspecified atom stereocenters. The molecule has 0 aromatic heterocycles. The van der Waals surface area contributed by atoms with Crippen molar-refractivity contribution in [3.8, 4) is 11.5 Å². The Kier molecular flexibility index (Phi) is 7.32. The molecule has 0 aliphatic carbocycles. The lowest BCUT2D eigenvalue weighted by Gasteiger charge is -2.30. The van der Waals surface area contributed by atoms with E-state index in [2.05, 4.69) is 16.7 Å². The van der Waals surface area contributed by atoms with Gasteiger partial charge in [-0.25, -0.2) is 0 Å². The van der Waals surface area contributed by atoms with Gasteiger partial charge in [-0.15, -0.1) is 0 Å². The molecule has 0 N–H and O–H groups in total. The average molecular weight is 360 g/mol. The summed E-state index contributed by atoms with van der Waals surface area (Å²) in [5.41, 5.74) is 0. The summed E-state index contributed by atoms with van der Waals surface area (Å²) < 4.78 is 11.9. The maximum Gasteiger partial charge on any atom is 0.133 e. The Morgan fingerprint density at radius 3 is 2.46 bits per heavy atom. The van der Waals surface area contributed by atoms with Crippen molar-refractivity contribution < 1.29 is 14.3 Å². The van der Waals surface area contributed by atoms with Crippen LogP contribution in [0.4, 0.5) is 0 Å². The third-order valence-corrected chi connectivity index (χ3v) is 5.54. The summed E-state index contributed by atoms with van der Waals surface area (Å²) in [7, 11) is 0. The highest BCUT2D eigenvalue weighted by atomic mass is 16.5. The lowest BCUT2D eigenvalue weighted by molar-refractivity contribution is -0.109. The molecule has 1 aromatic carbocycles. The molecule has 2 saturated heterocycles. The monoisotopic (exact) mass is 360 g/mol. The van der Waals surface area contributed by atoms with Crippen LogP contribution >= 0.6 is 0 Å². The third-order valence-electron chi connectivity index (χ3n) is 5.54. The molecule has 0 radical (unpaired) electrons. The van der Waals surface area contributed by atoms with Gasteiger partial charge in [0.15, 0.2) is 0 Å². The van der Waals surface area contributed by atoms with Crippen molar-refractivity contribution in [3.63, 3.8) is 0 Å². The molecule has 2 aliphatic rings. The standard InChI is InChI=1S/C21H32N2O3/c1-18-4-2-11-23(18)12-3-17-25-19-5-7-20(8-6-19)26-21-9-13-22(14-10-21)15-16-24/h5-8,16,18,21H,2-4,9-15,17H2,1H3/t18-/m1/s1. The quantitative estimate of drug-likeness (QED) is 0.500. The number of rotatable bonds is 9. The Bertz CT molecular complexity index is 541. The second-order valence-corrected chi connectivity index (χ2v) is 7.49. The van der Waals surface area contributed by atoms with Gasteiger partial charge >= 0.3 is 0 Å². The summed E-state index contributed by atoms with van der Waals surface area (Å²) in [4.78, 5) is 15.3. The van der Waals surface area contributed by atoms with Crippen LogP contribution in [-0.2, 0) is 4.79 Å². The summed E-state index contributed by atoms with van der Waals surface area (Å²) >= 11 is 0. The number of carbonyl (C=O) groups excluding carboxylic acids is 1. The number of aldehydes is 1. The Hall–Kier alpha value is -1.59. The van der Waals surface area contributed by atoms with E-state index in [1.807, 2.05) is 24.3 Å². The van der Waals surface area contributed by atoms with Crippen LogP contribution in [-0.4, -0.2) is 67.6 Å². The molecule has 2 fully saturated rings. The van der Waals surface area contributed by atoms with Gasteiger partial charge in [0.05, 0.1) is 13.2 Å². The number of carbonyl (C=O) groups is 1. The third kappa shape index (κ3) is 5.71. The number of hydrogen-bond acceptors (Lipinski definition) is 5. The minimum absolute atomic E-state index is 0.243. The molecule has 5 heteroatoms. The Labute approximate surface area is 157 Å². The zero-order valence-electron chi connectivity index (χ0n) is 15.9. The van der Waals surface area contributed by atoms with Crippen molar-refractivity contribution in [1.82, 2.24) is 9.80 Å². The molecule has 2 aliphatic heterocycles. The summed E-state index contributed by atoms with van der Waals surface area (Å²) in [5.74, 6) is 1.81. The van der Waals surface area contributed by atoms with Crippen molar-refractivity contribution >= 4 is 6.29 Å². The highest BCUT2D eigenvalue weighted by Gasteiger charge is 2.20. The fourth-order valence-corrected chi connectivity index (χ4v) is 3.90. The second-order valence-electron chi connectivity index (χ2n) is 7.49. The molecule has 2 heterocycles. The molecule has 26 heavy (non-hydrogen) atoms. The predicted molar refractivity (Wildman–Crippen MR) is 103 cm³/mol. The fourth-order valence-electron chi connectivity index (χ4n) is 3.90. The summed E-state index contributed by atoms with van der Waals surface area (Å²) in [5, 5.41) is 0. The summed E-state index contributed by atoms with van der Waals surface area (Å²) in [6.45, 7) is 7.85. The van der Waals surface area contributed by atoms with Gasteiger partial charge in [-0.05, 0) is 69.8 Å². The summed E-state index contributed by atoms with van der Waals surface area (Å²) in [6, 6.07) is 8.72. The molecule has 3 rings (SSSR count). The number of benzene rings is 1. The van der Waals surface area contributed by atoms with E-state index >= 15 is 0 Å². The van der Waals surface area contributed by atoms with Crippen LogP contribution in [0.1, 0.15) is 39.0 Å². The number of ether oxygens (including phenoxy) is 2. The zero-order chi connectivity index (χ0) is 18.2. The molecule has 144 valence electrons. The van der Waals surface area contributed by atoms with Gasteiger partial charge in [-0.1, -0.05) is 0 Å². The van der Waals surface area contributed by atoms with E-state index < -0.39 is 0 Å². The van der Waals surface area contributed by atoms with Crippen LogP contribution in [0.3, 0.4) is 0 Å². The average Bonchev–Trinajstić information content (AvgIpc) is 3.07. The first-order chi connectivity index (χ1) is 12.7. The fraction of sp³-hybridized carbons (Fsp3) is 0.667. The molecule has 0 spiro atoms. The molecule has 0 saturated carbocycles. The van der Waals surface area contributed by atoms with Crippen LogP contribution in [0.5, 0.6) is 11.5 Å². The van der Waals surface area contributed by atoms with E-state index in [1.165, 1.54) is 19.4 Å². The van der Waals surface area contributed by atoms with Crippen molar-refractivity contribution in [2.75, 3.05) is 39.3 Å². The van der Waals surface area contributed by atoms with Crippen molar-refractivity contribution in [3.05, 3.63) is 24.3 Å². The molecule has 0 amide bonds. The molecule has 5 nitrogen and oxygen atoms in total. The highest BCUT2D eigenvalue weighted by Crippen LogP contribution is 2.22. The van der Waals surface area contributed by atoms with E-state index in [-0.39, 0.29) is 6.10 Å². The number of nitrogens with zero attached hydrogens (tertiary/aromatic N) is 2. The first-order valence-electron chi connectivity index (χ1n) is 10.0. The smallest absolute Gasteiger partial charge is 0.133 e. The van der Waals surface area contributed by atoms with Crippen LogP contribution < -0.4 is 9.47 Å². The van der Waals surface area contributed by atoms with E-state index in [4.69, 9.17) is 9.47 Å². The van der Waals surface area contributed by atoms with E-state index in [9.17, 15) is 4.79 Å². The Morgan fingerprint density at radius 2 is 1.81 bits per heavy atom. The predicted octanol–water partition coefficient (Wildman–Crippen LogP) is 2.98. The van der Waals surface area contributed by atoms with E-state index in [0.29, 0.717) is 6.54 Å². The largest absolute Gasteiger partial charge is 0.494 e. The van der Waals surface area contributed by atoms with Gasteiger partial charge in [0.25, 0.3) is 0 Å². The van der Waals surface area contributed by atoms with Crippen molar-refractivity contribution in [1.29, 1.82) is 0 Å². The van der Waals surface area contributed by atoms with Gasteiger partial charge in [0, 0.05) is 25.7 Å². The van der Waals surface area contributed by atoms with Crippen molar-refractivity contribution in [2.24, 2.45) is 0 Å². The maximum absolute atomic E-state index is 10.6. The number of hydrogen-bond donors (Lipinski definition) is 0. The van der Waals surface area contributed by atoms with Gasteiger partial charge in [-0.3, -0.25) is 4.90 Å². The topological polar surface area (TPSA) is 42.0 Å². The molecule has 1 aromatic rings. The Morgan fingerprint density at radius 1 is 1.08 bits per heavy atom. The first kappa shape index (κ1) is 19.2. The van der Waals surface area contributed by atoms with Crippen LogP contribution in [0.2, 0.25) is 0 Å². The molecule has 0 bridgehead atoms. The SMILES string of the molecule is C[C@@H]1CCCN1CCCOc1ccc(OC2CCN(CC=O)CC2)cc1. The molecule has 1 atom stereocenters.